The fourth-order valence-corrected chi connectivity index (χ4v) is 5.46. The van der Waals surface area contributed by atoms with E-state index in [9.17, 15) is 9.59 Å². The number of amides is 2. The first-order valence-corrected chi connectivity index (χ1v) is 13.5. The summed E-state index contributed by atoms with van der Waals surface area (Å²) in [6.45, 7) is 8.88. The van der Waals surface area contributed by atoms with Gasteiger partial charge in [0.25, 0.3) is 0 Å². The van der Waals surface area contributed by atoms with Crippen LogP contribution in [0, 0.1) is 0 Å². The summed E-state index contributed by atoms with van der Waals surface area (Å²) in [5, 5.41) is 3.54. The van der Waals surface area contributed by atoms with E-state index in [0.29, 0.717) is 24.7 Å². The molecule has 2 aromatic carbocycles. The Morgan fingerprint density at radius 1 is 1.11 bits per heavy atom. The number of aromatic nitrogens is 1. The third-order valence-corrected chi connectivity index (χ3v) is 7.20. The summed E-state index contributed by atoms with van der Waals surface area (Å²) in [5.74, 6) is 0.138. The average Bonchev–Trinajstić information content (AvgIpc) is 2.88. The Balaban J connectivity index is 1.64. The van der Waals surface area contributed by atoms with Gasteiger partial charge in [0, 0.05) is 49.9 Å². The van der Waals surface area contributed by atoms with E-state index >= 15 is 0 Å². The number of carbonyl (C=O) groups is 2. The number of hydrogen-bond donors (Lipinski definition) is 1. The lowest BCUT2D eigenvalue weighted by Crippen LogP contribution is -2.44. The number of carbonyl (C=O) groups excluding carboxylic acids is 2. The Kier molecular flexibility index (Phi) is 8.72. The first kappa shape index (κ1) is 27.6. The molecule has 4 rings (SSSR count). The number of halogens is 1. The Hall–Kier alpha value is -3.38. The normalized spacial score (nSPS) is 17.7. The highest BCUT2D eigenvalue weighted by molar-refractivity contribution is 6.31. The second-order valence-corrected chi connectivity index (χ2v) is 11.2. The van der Waals surface area contributed by atoms with E-state index in [1.54, 1.807) is 11.1 Å². The molecule has 0 spiro atoms. The maximum absolute atomic E-state index is 13.0. The molecular formula is C31H36ClN3O3. The molecule has 3 aromatic rings. The molecule has 0 radical (unpaired) electrons. The van der Waals surface area contributed by atoms with Crippen molar-refractivity contribution in [3.8, 4) is 11.1 Å². The fourth-order valence-electron chi connectivity index (χ4n) is 5.14. The quantitative estimate of drug-likeness (QED) is 0.388. The van der Waals surface area contributed by atoms with Crippen LogP contribution in [0.15, 0.2) is 67.0 Å². The van der Waals surface area contributed by atoms with Gasteiger partial charge < -0.3 is 15.0 Å². The SMILES string of the molecule is CC(=O)NCCc1ccccc1-c1ccc([C@H]2CN(C(=O)OC(C)(C)C)CC[C@@H]2c2cccnc2)c(Cl)c1. The number of rotatable bonds is 6. The van der Waals surface area contributed by atoms with Gasteiger partial charge in [-0.2, -0.15) is 0 Å². The van der Waals surface area contributed by atoms with Gasteiger partial charge >= 0.3 is 6.09 Å². The van der Waals surface area contributed by atoms with Crippen LogP contribution in [0.3, 0.4) is 0 Å². The molecule has 2 amide bonds. The Morgan fingerprint density at radius 3 is 2.58 bits per heavy atom. The zero-order valence-corrected chi connectivity index (χ0v) is 23.3. The van der Waals surface area contributed by atoms with Crippen LogP contribution >= 0.6 is 11.6 Å². The highest BCUT2D eigenvalue weighted by atomic mass is 35.5. The minimum absolute atomic E-state index is 0.00275. The maximum Gasteiger partial charge on any atom is 0.410 e. The summed E-state index contributed by atoms with van der Waals surface area (Å²) in [4.78, 5) is 30.4. The van der Waals surface area contributed by atoms with Gasteiger partial charge in [0.2, 0.25) is 5.91 Å². The summed E-state index contributed by atoms with van der Waals surface area (Å²) < 4.78 is 5.69. The van der Waals surface area contributed by atoms with E-state index in [1.807, 2.05) is 51.2 Å². The fraction of sp³-hybridized carbons (Fsp3) is 0.387. The predicted octanol–water partition coefficient (Wildman–Crippen LogP) is 6.59. The molecule has 0 unspecified atom stereocenters. The zero-order chi connectivity index (χ0) is 27.3. The number of ether oxygens (including phenoxy) is 1. The molecule has 200 valence electrons. The van der Waals surface area contributed by atoms with Gasteiger partial charge in [-0.25, -0.2) is 4.79 Å². The van der Waals surface area contributed by atoms with E-state index in [0.717, 1.165) is 40.7 Å². The second-order valence-electron chi connectivity index (χ2n) is 10.8. The monoisotopic (exact) mass is 533 g/mol. The van der Waals surface area contributed by atoms with E-state index in [1.165, 1.54) is 6.92 Å². The largest absolute Gasteiger partial charge is 0.444 e. The minimum Gasteiger partial charge on any atom is -0.444 e. The smallest absolute Gasteiger partial charge is 0.410 e. The van der Waals surface area contributed by atoms with Gasteiger partial charge in [0.1, 0.15) is 5.60 Å². The third kappa shape index (κ3) is 6.93. The topological polar surface area (TPSA) is 71.5 Å². The Morgan fingerprint density at radius 2 is 1.89 bits per heavy atom. The standard InChI is InChI=1S/C31H36ClN3O3/c1-21(36)34-16-13-22-8-5-6-10-25(22)23-11-12-27(29(32)18-23)28-20-35(30(37)38-31(2,3)4)17-14-26(28)24-9-7-15-33-19-24/h5-12,15,18-19,26,28H,13-14,16-17,20H2,1-4H3,(H,34,36)/t26-,28+/m1/s1. The highest BCUT2D eigenvalue weighted by Gasteiger charge is 2.36. The zero-order valence-electron chi connectivity index (χ0n) is 22.5. The van der Waals surface area contributed by atoms with Crippen molar-refractivity contribution in [1.82, 2.24) is 15.2 Å². The summed E-state index contributed by atoms with van der Waals surface area (Å²) in [5.41, 5.74) is 4.86. The molecule has 1 aliphatic rings. The van der Waals surface area contributed by atoms with Crippen molar-refractivity contribution in [2.24, 2.45) is 0 Å². The van der Waals surface area contributed by atoms with Crippen molar-refractivity contribution in [2.75, 3.05) is 19.6 Å². The highest BCUT2D eigenvalue weighted by Crippen LogP contribution is 2.43. The van der Waals surface area contributed by atoms with Crippen molar-refractivity contribution in [3.63, 3.8) is 0 Å². The molecule has 6 nitrogen and oxygen atoms in total. The molecular weight excluding hydrogens is 498 g/mol. The lowest BCUT2D eigenvalue weighted by molar-refractivity contribution is -0.118. The molecule has 1 aromatic heterocycles. The third-order valence-electron chi connectivity index (χ3n) is 6.87. The molecule has 0 bridgehead atoms. The molecule has 0 saturated carbocycles. The molecule has 1 saturated heterocycles. The van der Waals surface area contributed by atoms with Crippen molar-refractivity contribution >= 4 is 23.6 Å². The maximum atomic E-state index is 13.0. The van der Waals surface area contributed by atoms with E-state index < -0.39 is 5.60 Å². The van der Waals surface area contributed by atoms with Crippen molar-refractivity contribution in [1.29, 1.82) is 0 Å². The lowest BCUT2D eigenvalue weighted by Gasteiger charge is -2.39. The van der Waals surface area contributed by atoms with Crippen molar-refractivity contribution in [3.05, 3.63) is 88.7 Å². The first-order valence-electron chi connectivity index (χ1n) is 13.1. The Labute approximate surface area is 230 Å². The molecule has 2 heterocycles. The summed E-state index contributed by atoms with van der Waals surface area (Å²) >= 11 is 6.99. The molecule has 1 fully saturated rings. The van der Waals surface area contributed by atoms with E-state index in [4.69, 9.17) is 16.3 Å². The van der Waals surface area contributed by atoms with Gasteiger partial charge in [-0.05, 0) is 79.5 Å². The predicted molar refractivity (Wildman–Crippen MR) is 151 cm³/mol. The first-order chi connectivity index (χ1) is 18.1. The van der Waals surface area contributed by atoms with Crippen molar-refractivity contribution < 1.29 is 14.3 Å². The molecule has 38 heavy (non-hydrogen) atoms. The lowest BCUT2D eigenvalue weighted by atomic mass is 9.77. The summed E-state index contributed by atoms with van der Waals surface area (Å²) in [7, 11) is 0. The second kappa shape index (κ2) is 12.0. The summed E-state index contributed by atoms with van der Waals surface area (Å²) in [6, 6.07) is 18.4. The number of likely N-dealkylation sites (tertiary alicyclic amines) is 1. The van der Waals surface area contributed by atoms with Crippen LogP contribution in [0.25, 0.3) is 11.1 Å². The number of piperidine rings is 1. The molecule has 2 atom stereocenters. The van der Waals surface area contributed by atoms with Crippen molar-refractivity contribution in [2.45, 2.75) is 58.0 Å². The van der Waals surface area contributed by atoms with Gasteiger partial charge in [0.15, 0.2) is 0 Å². The van der Waals surface area contributed by atoms with Gasteiger partial charge in [-0.3, -0.25) is 9.78 Å². The van der Waals surface area contributed by atoms with Crippen LogP contribution in [-0.4, -0.2) is 47.1 Å². The van der Waals surface area contributed by atoms with Crippen LogP contribution in [0.4, 0.5) is 4.79 Å². The van der Waals surface area contributed by atoms with E-state index in [2.05, 4.69) is 40.6 Å². The van der Waals surface area contributed by atoms with Crippen LogP contribution < -0.4 is 5.32 Å². The van der Waals surface area contributed by atoms with Gasteiger partial charge in [-0.15, -0.1) is 0 Å². The average molecular weight is 534 g/mol. The van der Waals surface area contributed by atoms with Gasteiger partial charge in [-0.1, -0.05) is 54.1 Å². The number of nitrogens with one attached hydrogen (secondary N) is 1. The molecule has 0 aliphatic carbocycles. The van der Waals surface area contributed by atoms with Crippen LogP contribution in [-0.2, 0) is 16.0 Å². The van der Waals surface area contributed by atoms with Crippen LogP contribution in [0.2, 0.25) is 5.02 Å². The molecule has 1 aliphatic heterocycles. The molecule has 7 heteroatoms. The number of hydrogen-bond acceptors (Lipinski definition) is 4. The molecule has 1 N–H and O–H groups in total. The van der Waals surface area contributed by atoms with E-state index in [-0.39, 0.29) is 23.8 Å². The number of pyridine rings is 1. The summed E-state index contributed by atoms with van der Waals surface area (Å²) in [6.07, 6.45) is 4.91. The van der Waals surface area contributed by atoms with Crippen LogP contribution in [0.1, 0.15) is 62.6 Å². The minimum atomic E-state index is -0.556. The Bertz CT molecular complexity index is 1270. The number of nitrogens with zero attached hydrogens (tertiary/aromatic N) is 2. The van der Waals surface area contributed by atoms with Crippen LogP contribution in [0.5, 0.6) is 0 Å². The number of benzene rings is 2. The van der Waals surface area contributed by atoms with Gasteiger partial charge in [0.05, 0.1) is 0 Å².